The molecule has 2 aromatic carbocycles. The zero-order valence-corrected chi connectivity index (χ0v) is 13.6. The van der Waals surface area contributed by atoms with Crippen LogP contribution in [0.5, 0.6) is 5.75 Å². The average molecular weight is 332 g/mol. The molecule has 0 aliphatic carbocycles. The van der Waals surface area contributed by atoms with Gasteiger partial charge in [0.2, 0.25) is 5.91 Å². The van der Waals surface area contributed by atoms with Crippen LogP contribution in [0.25, 0.3) is 0 Å². The van der Waals surface area contributed by atoms with E-state index in [4.69, 9.17) is 22.1 Å². The van der Waals surface area contributed by atoms with Crippen molar-refractivity contribution in [3.8, 4) is 5.75 Å². The molecule has 3 N–H and O–H groups in total. The van der Waals surface area contributed by atoms with Gasteiger partial charge in [0.1, 0.15) is 12.4 Å². The Morgan fingerprint density at radius 1 is 1.35 bits per heavy atom. The number of aryl methyl sites for hydroxylation is 1. The molecule has 3 rings (SSSR count). The van der Waals surface area contributed by atoms with Crippen molar-refractivity contribution in [2.45, 2.75) is 6.92 Å². The summed E-state index contributed by atoms with van der Waals surface area (Å²) in [6, 6.07) is 10.9. The van der Waals surface area contributed by atoms with E-state index >= 15 is 0 Å². The van der Waals surface area contributed by atoms with E-state index in [1.807, 2.05) is 30.0 Å². The first-order valence-corrected chi connectivity index (χ1v) is 7.74. The topological polar surface area (TPSA) is 67.6 Å². The zero-order chi connectivity index (χ0) is 16.4. The molecule has 6 heteroatoms. The van der Waals surface area contributed by atoms with E-state index in [2.05, 4.69) is 5.32 Å². The maximum Gasteiger partial charge on any atom is 0.243 e. The minimum atomic E-state index is -0.106. The standard InChI is InChI=1S/C17H18ClN3O2/c1-11-2-3-12(18)8-14(11)20-17(22)10-21-6-7-23-16-5-4-13(19)9-15(16)21/h2-5,8-9H,6-7,10,19H2,1H3,(H,20,22). The van der Waals surface area contributed by atoms with Crippen molar-refractivity contribution < 1.29 is 9.53 Å². The molecule has 0 atom stereocenters. The lowest BCUT2D eigenvalue weighted by Gasteiger charge is -2.31. The Hall–Kier alpha value is -2.40. The summed E-state index contributed by atoms with van der Waals surface area (Å²) in [7, 11) is 0. The number of rotatable bonds is 3. The molecule has 0 bridgehead atoms. The Morgan fingerprint density at radius 3 is 3.00 bits per heavy atom. The number of halogens is 1. The zero-order valence-electron chi connectivity index (χ0n) is 12.8. The van der Waals surface area contributed by atoms with Crippen molar-refractivity contribution in [3.63, 3.8) is 0 Å². The first kappa shape index (κ1) is 15.5. The molecule has 0 unspecified atom stereocenters. The van der Waals surface area contributed by atoms with Crippen LogP contribution in [-0.2, 0) is 4.79 Å². The van der Waals surface area contributed by atoms with E-state index in [1.54, 1.807) is 18.2 Å². The van der Waals surface area contributed by atoms with Gasteiger partial charge in [-0.15, -0.1) is 0 Å². The molecule has 1 amide bonds. The maximum atomic E-state index is 12.4. The second-order valence-corrected chi connectivity index (χ2v) is 5.94. The van der Waals surface area contributed by atoms with Crippen molar-refractivity contribution in [2.75, 3.05) is 35.6 Å². The number of benzene rings is 2. The first-order valence-electron chi connectivity index (χ1n) is 7.36. The van der Waals surface area contributed by atoms with Gasteiger partial charge in [0.25, 0.3) is 0 Å². The highest BCUT2D eigenvalue weighted by Crippen LogP contribution is 2.33. The van der Waals surface area contributed by atoms with Crippen molar-refractivity contribution >= 4 is 34.6 Å². The van der Waals surface area contributed by atoms with Crippen molar-refractivity contribution in [3.05, 3.63) is 47.0 Å². The highest BCUT2D eigenvalue weighted by molar-refractivity contribution is 6.31. The third-order valence-electron chi connectivity index (χ3n) is 3.75. The molecule has 120 valence electrons. The summed E-state index contributed by atoms with van der Waals surface area (Å²) in [6.45, 7) is 3.33. The molecule has 1 aliphatic rings. The van der Waals surface area contributed by atoms with Crippen LogP contribution >= 0.6 is 11.6 Å². The molecule has 23 heavy (non-hydrogen) atoms. The third-order valence-corrected chi connectivity index (χ3v) is 3.99. The summed E-state index contributed by atoms with van der Waals surface area (Å²) in [6.07, 6.45) is 0. The first-order chi connectivity index (χ1) is 11.0. The van der Waals surface area contributed by atoms with Gasteiger partial charge < -0.3 is 20.7 Å². The minimum Gasteiger partial charge on any atom is -0.490 e. The summed E-state index contributed by atoms with van der Waals surface area (Å²) in [5.41, 5.74) is 9.02. The Morgan fingerprint density at radius 2 is 2.17 bits per heavy atom. The molecular weight excluding hydrogens is 314 g/mol. The maximum absolute atomic E-state index is 12.4. The minimum absolute atomic E-state index is 0.106. The lowest BCUT2D eigenvalue weighted by molar-refractivity contribution is -0.115. The SMILES string of the molecule is Cc1ccc(Cl)cc1NC(=O)CN1CCOc2ccc(N)cc21. The van der Waals surface area contributed by atoms with Crippen LogP contribution in [0.1, 0.15) is 5.56 Å². The Balaban J connectivity index is 1.74. The monoisotopic (exact) mass is 331 g/mol. The molecule has 0 spiro atoms. The number of nitrogen functional groups attached to an aromatic ring is 1. The largest absolute Gasteiger partial charge is 0.490 e. The van der Waals surface area contributed by atoms with Crippen LogP contribution in [0.15, 0.2) is 36.4 Å². The molecular formula is C17H18ClN3O2. The van der Waals surface area contributed by atoms with Gasteiger partial charge in [0, 0.05) is 16.4 Å². The van der Waals surface area contributed by atoms with E-state index < -0.39 is 0 Å². The number of hydrogen-bond donors (Lipinski definition) is 2. The fourth-order valence-electron chi connectivity index (χ4n) is 2.55. The summed E-state index contributed by atoms with van der Waals surface area (Å²) >= 11 is 5.98. The molecule has 0 saturated heterocycles. The van der Waals surface area contributed by atoms with Gasteiger partial charge in [-0.2, -0.15) is 0 Å². The van der Waals surface area contributed by atoms with E-state index in [9.17, 15) is 4.79 Å². The predicted octanol–water partition coefficient (Wildman–Crippen LogP) is 3.07. The van der Waals surface area contributed by atoms with Crippen LogP contribution in [-0.4, -0.2) is 25.6 Å². The van der Waals surface area contributed by atoms with E-state index in [1.165, 1.54) is 0 Å². The number of fused-ring (bicyclic) bond motifs is 1. The van der Waals surface area contributed by atoms with Gasteiger partial charge in [-0.05, 0) is 42.8 Å². The van der Waals surface area contributed by atoms with Gasteiger partial charge in [0.05, 0.1) is 18.8 Å². The Kier molecular flexibility index (Phi) is 4.30. The number of nitrogens with two attached hydrogens (primary N) is 1. The van der Waals surface area contributed by atoms with Crippen molar-refractivity contribution in [1.29, 1.82) is 0 Å². The predicted molar refractivity (Wildman–Crippen MR) is 93.4 cm³/mol. The number of carbonyl (C=O) groups excluding carboxylic acids is 1. The summed E-state index contributed by atoms with van der Waals surface area (Å²) in [5.74, 6) is 0.642. The number of amides is 1. The molecule has 5 nitrogen and oxygen atoms in total. The Labute approximate surface area is 140 Å². The van der Waals surface area contributed by atoms with Gasteiger partial charge in [-0.1, -0.05) is 17.7 Å². The van der Waals surface area contributed by atoms with Crippen LogP contribution in [0.2, 0.25) is 5.02 Å². The fourth-order valence-corrected chi connectivity index (χ4v) is 2.72. The quantitative estimate of drug-likeness (QED) is 0.848. The summed E-state index contributed by atoms with van der Waals surface area (Å²) < 4.78 is 5.60. The smallest absolute Gasteiger partial charge is 0.243 e. The lowest BCUT2D eigenvalue weighted by Crippen LogP contribution is -2.38. The number of nitrogens with zero attached hydrogens (tertiary/aromatic N) is 1. The molecule has 0 saturated carbocycles. The van der Waals surface area contributed by atoms with Gasteiger partial charge in [-0.25, -0.2) is 0 Å². The molecule has 1 aliphatic heterocycles. The second-order valence-electron chi connectivity index (χ2n) is 5.50. The highest BCUT2D eigenvalue weighted by Gasteiger charge is 2.20. The van der Waals surface area contributed by atoms with Crippen LogP contribution in [0.4, 0.5) is 17.1 Å². The van der Waals surface area contributed by atoms with Crippen molar-refractivity contribution in [1.82, 2.24) is 0 Å². The number of ether oxygens (including phenoxy) is 1. The van der Waals surface area contributed by atoms with E-state index in [0.717, 1.165) is 22.7 Å². The summed E-state index contributed by atoms with van der Waals surface area (Å²) in [5, 5.41) is 3.50. The molecule has 0 fully saturated rings. The second kappa shape index (κ2) is 6.38. The number of anilines is 3. The van der Waals surface area contributed by atoms with Gasteiger partial charge in [0.15, 0.2) is 0 Å². The normalized spacial score (nSPS) is 13.2. The highest BCUT2D eigenvalue weighted by atomic mass is 35.5. The van der Waals surface area contributed by atoms with Crippen LogP contribution in [0.3, 0.4) is 0 Å². The molecule has 0 radical (unpaired) electrons. The van der Waals surface area contributed by atoms with E-state index in [0.29, 0.717) is 23.9 Å². The van der Waals surface area contributed by atoms with Crippen molar-refractivity contribution in [2.24, 2.45) is 0 Å². The van der Waals surface area contributed by atoms with Crippen LogP contribution in [0, 0.1) is 6.92 Å². The van der Waals surface area contributed by atoms with E-state index in [-0.39, 0.29) is 12.5 Å². The number of hydrogen-bond acceptors (Lipinski definition) is 4. The Bertz CT molecular complexity index is 749. The van der Waals surface area contributed by atoms with Gasteiger partial charge >= 0.3 is 0 Å². The molecule has 0 aromatic heterocycles. The average Bonchev–Trinajstić information content (AvgIpc) is 2.51. The van der Waals surface area contributed by atoms with Gasteiger partial charge in [-0.3, -0.25) is 4.79 Å². The number of nitrogens with one attached hydrogen (secondary N) is 1. The number of carbonyl (C=O) groups is 1. The molecule has 2 aromatic rings. The fraction of sp³-hybridized carbons (Fsp3) is 0.235. The molecule has 1 heterocycles. The lowest BCUT2D eigenvalue weighted by atomic mass is 10.2. The van der Waals surface area contributed by atoms with Crippen LogP contribution < -0.4 is 20.7 Å². The summed E-state index contributed by atoms with van der Waals surface area (Å²) in [4.78, 5) is 14.3. The third kappa shape index (κ3) is 3.51.